The Balaban J connectivity index is 2.03. The van der Waals surface area contributed by atoms with Crippen LogP contribution in [0, 0.1) is 0 Å². The van der Waals surface area contributed by atoms with E-state index in [0.29, 0.717) is 5.92 Å². The Morgan fingerprint density at radius 2 is 2.05 bits per heavy atom. The highest BCUT2D eigenvalue weighted by Gasteiger charge is 2.30. The zero-order chi connectivity index (χ0) is 14.1. The molecule has 2 heterocycles. The van der Waals surface area contributed by atoms with Gasteiger partial charge in [-0.15, -0.1) is 0 Å². The van der Waals surface area contributed by atoms with Gasteiger partial charge in [-0.3, -0.25) is 0 Å². The number of fused-ring (bicyclic) bond motifs is 1. The fraction of sp³-hybridized carbons (Fsp3) is 0.812. The summed E-state index contributed by atoms with van der Waals surface area (Å²) in [5.41, 5.74) is 2.58. The summed E-state index contributed by atoms with van der Waals surface area (Å²) < 4.78 is 2.41. The van der Waals surface area contributed by atoms with Crippen LogP contribution in [0.25, 0.3) is 0 Å². The third kappa shape index (κ3) is 2.51. The van der Waals surface area contributed by atoms with Crippen LogP contribution in [0.2, 0.25) is 0 Å². The van der Waals surface area contributed by atoms with Crippen LogP contribution in [-0.4, -0.2) is 27.3 Å². The summed E-state index contributed by atoms with van der Waals surface area (Å²) in [7, 11) is 0. The van der Waals surface area contributed by atoms with E-state index in [4.69, 9.17) is 4.98 Å². The van der Waals surface area contributed by atoms with Gasteiger partial charge in [-0.25, -0.2) is 4.98 Å². The van der Waals surface area contributed by atoms with Crippen molar-refractivity contribution >= 4 is 0 Å². The minimum atomic E-state index is -0.205. The molecule has 4 heteroatoms. The monoisotopic (exact) mass is 277 g/mol. The zero-order valence-electron chi connectivity index (χ0n) is 12.7. The van der Waals surface area contributed by atoms with Crippen molar-refractivity contribution in [2.45, 2.75) is 77.0 Å². The predicted octanol–water partition coefficient (Wildman–Crippen LogP) is 2.52. The van der Waals surface area contributed by atoms with Gasteiger partial charge < -0.3 is 15.0 Å². The minimum absolute atomic E-state index is 0.205. The van der Waals surface area contributed by atoms with Gasteiger partial charge in [0.15, 0.2) is 0 Å². The van der Waals surface area contributed by atoms with Crippen molar-refractivity contribution in [1.82, 2.24) is 14.9 Å². The Morgan fingerprint density at radius 3 is 2.85 bits per heavy atom. The lowest BCUT2D eigenvalue weighted by atomic mass is 10.0. The van der Waals surface area contributed by atoms with Crippen LogP contribution in [0.4, 0.5) is 0 Å². The van der Waals surface area contributed by atoms with Crippen molar-refractivity contribution in [3.8, 4) is 0 Å². The van der Waals surface area contributed by atoms with Gasteiger partial charge in [-0.05, 0) is 12.8 Å². The Hall–Kier alpha value is -0.870. The Labute approximate surface area is 121 Å². The first kappa shape index (κ1) is 14.1. The number of aromatic nitrogens is 2. The van der Waals surface area contributed by atoms with Crippen molar-refractivity contribution in [2.75, 3.05) is 6.54 Å². The average Bonchev–Trinajstić information content (AvgIpc) is 2.70. The number of aliphatic hydroxyl groups is 1. The van der Waals surface area contributed by atoms with Crippen molar-refractivity contribution in [3.05, 3.63) is 17.2 Å². The van der Waals surface area contributed by atoms with E-state index in [9.17, 15) is 5.11 Å². The van der Waals surface area contributed by atoms with Gasteiger partial charge in [0.05, 0.1) is 17.8 Å². The fourth-order valence-corrected chi connectivity index (χ4v) is 3.70. The van der Waals surface area contributed by atoms with E-state index in [1.165, 1.54) is 30.1 Å². The van der Waals surface area contributed by atoms with Gasteiger partial charge >= 0.3 is 0 Å². The van der Waals surface area contributed by atoms with Gasteiger partial charge in [0.1, 0.15) is 5.82 Å². The van der Waals surface area contributed by atoms with Crippen LogP contribution in [0.15, 0.2) is 0 Å². The molecule has 2 unspecified atom stereocenters. The number of hydrogen-bond donors (Lipinski definition) is 2. The molecule has 112 valence electrons. The van der Waals surface area contributed by atoms with E-state index in [1.54, 1.807) is 0 Å². The van der Waals surface area contributed by atoms with E-state index < -0.39 is 0 Å². The Bertz CT molecular complexity index is 467. The smallest absolute Gasteiger partial charge is 0.112 e. The van der Waals surface area contributed by atoms with Crippen LogP contribution in [0.5, 0.6) is 0 Å². The highest BCUT2D eigenvalue weighted by Crippen LogP contribution is 2.33. The third-order valence-electron chi connectivity index (χ3n) is 4.74. The molecule has 0 aromatic carbocycles. The number of nitrogens with one attached hydrogen (secondary N) is 1. The summed E-state index contributed by atoms with van der Waals surface area (Å²) in [5, 5.41) is 14.0. The standard InChI is InChI=1S/C16H27N3O/c1-11(2)16-18-12-10-17-9-8-13(12)19(16)14-6-4-3-5-7-15(14)20/h11,14-15,17,20H,3-10H2,1-2H3. The number of hydrogen-bond acceptors (Lipinski definition) is 3. The molecular formula is C16H27N3O. The highest BCUT2D eigenvalue weighted by molar-refractivity contribution is 5.23. The van der Waals surface area contributed by atoms with E-state index >= 15 is 0 Å². The first-order valence-corrected chi connectivity index (χ1v) is 8.17. The molecule has 0 bridgehead atoms. The maximum atomic E-state index is 10.6. The number of aliphatic hydroxyl groups excluding tert-OH is 1. The lowest BCUT2D eigenvalue weighted by molar-refractivity contribution is 0.102. The molecule has 0 spiro atoms. The molecule has 0 radical (unpaired) electrons. The molecule has 1 aromatic heterocycles. The summed E-state index contributed by atoms with van der Waals surface area (Å²) in [4.78, 5) is 4.88. The molecule has 1 aliphatic heterocycles. The van der Waals surface area contributed by atoms with Gasteiger partial charge in [-0.1, -0.05) is 33.1 Å². The second-order valence-electron chi connectivity index (χ2n) is 6.59. The summed E-state index contributed by atoms with van der Waals surface area (Å²) in [6.07, 6.45) is 6.51. The fourth-order valence-electron chi connectivity index (χ4n) is 3.70. The van der Waals surface area contributed by atoms with Crippen LogP contribution in [0.3, 0.4) is 0 Å². The molecule has 1 fully saturated rings. The van der Waals surface area contributed by atoms with E-state index in [1.807, 2.05) is 0 Å². The lowest BCUT2D eigenvalue weighted by Gasteiger charge is -2.28. The Kier molecular flexibility index (Phi) is 4.13. The highest BCUT2D eigenvalue weighted by atomic mass is 16.3. The van der Waals surface area contributed by atoms with Crippen LogP contribution < -0.4 is 5.32 Å². The normalized spacial score (nSPS) is 27.4. The third-order valence-corrected chi connectivity index (χ3v) is 4.74. The molecule has 3 rings (SSSR count). The molecule has 4 nitrogen and oxygen atoms in total. The van der Waals surface area contributed by atoms with Crippen molar-refractivity contribution in [2.24, 2.45) is 0 Å². The van der Waals surface area contributed by atoms with Crippen LogP contribution >= 0.6 is 0 Å². The minimum Gasteiger partial charge on any atom is -0.391 e. The molecule has 20 heavy (non-hydrogen) atoms. The van der Waals surface area contributed by atoms with Crippen molar-refractivity contribution in [3.63, 3.8) is 0 Å². The van der Waals surface area contributed by atoms with Gasteiger partial charge in [0.25, 0.3) is 0 Å². The molecule has 0 amide bonds. The zero-order valence-corrected chi connectivity index (χ0v) is 12.7. The van der Waals surface area contributed by atoms with Gasteiger partial charge in [-0.2, -0.15) is 0 Å². The summed E-state index contributed by atoms with van der Waals surface area (Å²) in [5.74, 6) is 1.58. The SMILES string of the molecule is CC(C)c1nc2c(n1C1CCCCCC1O)CCNC2. The second-order valence-corrected chi connectivity index (χ2v) is 6.59. The van der Waals surface area contributed by atoms with Gasteiger partial charge in [0, 0.05) is 31.1 Å². The van der Waals surface area contributed by atoms with Crippen LogP contribution in [-0.2, 0) is 13.0 Å². The largest absolute Gasteiger partial charge is 0.391 e. The molecule has 0 saturated heterocycles. The van der Waals surface area contributed by atoms with E-state index in [0.717, 1.165) is 38.8 Å². The van der Waals surface area contributed by atoms with E-state index in [-0.39, 0.29) is 12.1 Å². The van der Waals surface area contributed by atoms with Gasteiger partial charge in [0.2, 0.25) is 0 Å². The number of nitrogens with zero attached hydrogens (tertiary/aromatic N) is 2. The maximum Gasteiger partial charge on any atom is 0.112 e. The van der Waals surface area contributed by atoms with Crippen molar-refractivity contribution in [1.29, 1.82) is 0 Å². The molecule has 1 aliphatic carbocycles. The molecule has 1 saturated carbocycles. The summed E-state index contributed by atoms with van der Waals surface area (Å²) in [6, 6.07) is 0.240. The Morgan fingerprint density at radius 1 is 1.25 bits per heavy atom. The topological polar surface area (TPSA) is 50.1 Å². The number of imidazole rings is 1. The quantitative estimate of drug-likeness (QED) is 0.817. The second kappa shape index (κ2) is 5.86. The lowest BCUT2D eigenvalue weighted by Crippen LogP contribution is -2.30. The molecular weight excluding hydrogens is 250 g/mol. The summed E-state index contributed by atoms with van der Waals surface area (Å²) in [6.45, 7) is 6.32. The molecule has 1 aromatic rings. The first-order chi connectivity index (χ1) is 9.68. The van der Waals surface area contributed by atoms with Crippen LogP contribution in [0.1, 0.15) is 75.1 Å². The molecule has 2 atom stereocenters. The van der Waals surface area contributed by atoms with Crippen molar-refractivity contribution < 1.29 is 5.11 Å². The van der Waals surface area contributed by atoms with E-state index in [2.05, 4.69) is 23.7 Å². The summed E-state index contributed by atoms with van der Waals surface area (Å²) >= 11 is 0. The molecule has 2 N–H and O–H groups in total. The predicted molar refractivity (Wildman–Crippen MR) is 79.9 cm³/mol. The average molecular weight is 277 g/mol. The maximum absolute atomic E-state index is 10.6. The number of rotatable bonds is 2. The first-order valence-electron chi connectivity index (χ1n) is 8.17. The molecule has 2 aliphatic rings.